The van der Waals surface area contributed by atoms with Gasteiger partial charge in [-0.3, -0.25) is 4.79 Å². The van der Waals surface area contributed by atoms with Crippen molar-refractivity contribution in [3.8, 4) is 0 Å². The fourth-order valence-corrected chi connectivity index (χ4v) is 3.84. The van der Waals surface area contributed by atoms with Gasteiger partial charge in [0.2, 0.25) is 0 Å². The summed E-state index contributed by atoms with van der Waals surface area (Å²) in [6.07, 6.45) is 1.17. The van der Waals surface area contributed by atoms with E-state index in [1.165, 1.54) is 10.9 Å². The Morgan fingerprint density at radius 1 is 1.03 bits per heavy atom. The van der Waals surface area contributed by atoms with E-state index in [4.69, 9.17) is 9.47 Å². The summed E-state index contributed by atoms with van der Waals surface area (Å²) in [5.41, 5.74) is 3.28. The van der Waals surface area contributed by atoms with Crippen molar-refractivity contribution in [3.63, 3.8) is 0 Å². The van der Waals surface area contributed by atoms with E-state index in [0.29, 0.717) is 25.4 Å². The van der Waals surface area contributed by atoms with Gasteiger partial charge in [0.1, 0.15) is 0 Å². The second kappa shape index (κ2) is 9.28. The van der Waals surface area contributed by atoms with Crippen molar-refractivity contribution in [1.29, 1.82) is 0 Å². The summed E-state index contributed by atoms with van der Waals surface area (Å²) in [5, 5.41) is 13.2. The highest BCUT2D eigenvalue weighted by atomic mass is 16.7. The molecule has 2 heterocycles. The lowest BCUT2D eigenvalue weighted by atomic mass is 10.1. The summed E-state index contributed by atoms with van der Waals surface area (Å²) in [6, 6.07) is 14.3. The zero-order valence-electron chi connectivity index (χ0n) is 18.0. The molecule has 0 fully saturated rings. The average molecular weight is 422 g/mol. The van der Waals surface area contributed by atoms with Crippen LogP contribution in [0.15, 0.2) is 48.7 Å². The normalized spacial score (nSPS) is 11.6. The fourth-order valence-electron chi connectivity index (χ4n) is 3.84. The van der Waals surface area contributed by atoms with Crippen LogP contribution < -0.4 is 5.32 Å². The van der Waals surface area contributed by atoms with Crippen molar-refractivity contribution in [2.45, 2.75) is 40.2 Å². The summed E-state index contributed by atoms with van der Waals surface area (Å²) in [7, 11) is 0. The zero-order valence-corrected chi connectivity index (χ0v) is 18.0. The number of nitrogens with one attached hydrogen (secondary N) is 1. The summed E-state index contributed by atoms with van der Waals surface area (Å²) in [6.45, 7) is 8.25. The maximum absolute atomic E-state index is 12.7. The molecule has 2 aromatic carbocycles. The van der Waals surface area contributed by atoms with Crippen molar-refractivity contribution in [3.05, 3.63) is 54.4 Å². The molecule has 2 aromatic heterocycles. The number of ether oxygens (including phenoxy) is 2. The van der Waals surface area contributed by atoms with Crippen LogP contribution in [0.4, 0.5) is 5.69 Å². The Morgan fingerprint density at radius 3 is 2.52 bits per heavy atom. The number of fused-ring (bicyclic) bond motifs is 3. The minimum Gasteiger partial charge on any atom is -0.351 e. The van der Waals surface area contributed by atoms with Crippen LogP contribution in [0, 0.1) is 0 Å². The molecule has 0 saturated heterocycles. The Hall–Kier alpha value is -3.23. The molecule has 31 heavy (non-hydrogen) atoms. The zero-order chi connectivity index (χ0) is 21.8. The van der Waals surface area contributed by atoms with Crippen LogP contribution in [-0.4, -0.2) is 45.0 Å². The van der Waals surface area contributed by atoms with Crippen LogP contribution in [0.5, 0.6) is 0 Å². The highest BCUT2D eigenvalue weighted by molar-refractivity contribution is 6.10. The van der Waals surface area contributed by atoms with Crippen LogP contribution in [0.25, 0.3) is 21.8 Å². The topological polar surface area (TPSA) is 83.2 Å². The molecule has 4 rings (SSSR count). The van der Waals surface area contributed by atoms with Crippen LogP contribution >= 0.6 is 0 Å². The number of anilines is 1. The van der Waals surface area contributed by atoms with Gasteiger partial charge in [0.05, 0.1) is 12.7 Å². The Morgan fingerprint density at radius 2 is 1.77 bits per heavy atom. The van der Waals surface area contributed by atoms with Gasteiger partial charge in [0.15, 0.2) is 12.0 Å². The lowest BCUT2D eigenvalue weighted by molar-refractivity contribution is -0.145. The molecular formula is C23H27N5O3. The molecule has 0 aliphatic carbocycles. The van der Waals surface area contributed by atoms with Crippen LogP contribution in [-0.2, 0) is 22.6 Å². The van der Waals surface area contributed by atoms with Gasteiger partial charge < -0.3 is 19.4 Å². The lowest BCUT2D eigenvalue weighted by Gasteiger charge is -2.16. The number of hydrogen-bond acceptors (Lipinski definition) is 5. The van der Waals surface area contributed by atoms with E-state index in [1.54, 1.807) is 10.9 Å². The number of benzene rings is 2. The van der Waals surface area contributed by atoms with E-state index in [-0.39, 0.29) is 11.6 Å². The first-order valence-corrected chi connectivity index (χ1v) is 10.6. The molecule has 0 aliphatic rings. The monoisotopic (exact) mass is 421 g/mol. The van der Waals surface area contributed by atoms with Crippen molar-refractivity contribution in [2.24, 2.45) is 0 Å². The molecule has 0 saturated carbocycles. The highest BCUT2D eigenvalue weighted by Crippen LogP contribution is 2.31. The molecule has 0 radical (unpaired) electrons. The maximum Gasteiger partial charge on any atom is 0.277 e. The van der Waals surface area contributed by atoms with Gasteiger partial charge in [-0.05, 0) is 45.0 Å². The lowest BCUT2D eigenvalue weighted by Crippen LogP contribution is -2.24. The Labute approximate surface area is 180 Å². The highest BCUT2D eigenvalue weighted by Gasteiger charge is 2.16. The molecule has 0 aliphatic heterocycles. The molecule has 4 aromatic rings. The van der Waals surface area contributed by atoms with Crippen LogP contribution in [0.2, 0.25) is 0 Å². The van der Waals surface area contributed by atoms with E-state index in [1.807, 2.05) is 44.2 Å². The quantitative estimate of drug-likeness (QED) is 0.412. The number of aromatic nitrogens is 4. The van der Waals surface area contributed by atoms with Crippen molar-refractivity contribution in [1.82, 2.24) is 19.6 Å². The summed E-state index contributed by atoms with van der Waals surface area (Å²) in [5.74, 6) is -0.311. The molecule has 162 valence electrons. The Balaban J connectivity index is 1.54. The smallest absolute Gasteiger partial charge is 0.277 e. The molecule has 0 spiro atoms. The Bertz CT molecular complexity index is 1190. The van der Waals surface area contributed by atoms with E-state index in [9.17, 15) is 4.79 Å². The minimum atomic E-state index is -0.425. The van der Waals surface area contributed by atoms with E-state index in [2.05, 4.69) is 39.3 Å². The van der Waals surface area contributed by atoms with Gasteiger partial charge in [-0.1, -0.05) is 23.4 Å². The van der Waals surface area contributed by atoms with Gasteiger partial charge in [0, 0.05) is 47.3 Å². The predicted octanol–water partition coefficient (Wildman–Crippen LogP) is 4.06. The third kappa shape index (κ3) is 4.30. The SMILES string of the molecule is CCOC(Cn1cc(C(=O)Nc2ccc3c(c2)c2ccccc2n3CC)nn1)OCC. The molecule has 1 N–H and O–H groups in total. The number of rotatable bonds is 9. The number of para-hydroxylation sites is 1. The fraction of sp³-hybridized carbons (Fsp3) is 0.348. The maximum atomic E-state index is 12.7. The number of amides is 1. The van der Waals surface area contributed by atoms with Crippen molar-refractivity contribution < 1.29 is 14.3 Å². The second-order valence-electron chi connectivity index (χ2n) is 7.11. The van der Waals surface area contributed by atoms with Gasteiger partial charge in [-0.25, -0.2) is 4.68 Å². The first-order valence-electron chi connectivity index (χ1n) is 10.6. The van der Waals surface area contributed by atoms with E-state index in [0.717, 1.165) is 17.4 Å². The summed E-state index contributed by atoms with van der Waals surface area (Å²) in [4.78, 5) is 12.7. The summed E-state index contributed by atoms with van der Waals surface area (Å²) < 4.78 is 14.9. The molecule has 1 amide bonds. The number of aryl methyl sites for hydroxylation is 1. The van der Waals surface area contributed by atoms with Gasteiger partial charge >= 0.3 is 0 Å². The second-order valence-corrected chi connectivity index (χ2v) is 7.11. The molecular weight excluding hydrogens is 394 g/mol. The molecule has 8 heteroatoms. The Kier molecular flexibility index (Phi) is 6.29. The minimum absolute atomic E-state index is 0.239. The molecule has 0 atom stereocenters. The largest absolute Gasteiger partial charge is 0.351 e. The average Bonchev–Trinajstić information content (AvgIpc) is 3.36. The van der Waals surface area contributed by atoms with E-state index < -0.39 is 6.29 Å². The predicted molar refractivity (Wildman–Crippen MR) is 120 cm³/mol. The number of hydrogen-bond donors (Lipinski definition) is 1. The summed E-state index contributed by atoms with van der Waals surface area (Å²) >= 11 is 0. The number of carbonyl (C=O) groups is 1. The van der Waals surface area contributed by atoms with Crippen molar-refractivity contribution in [2.75, 3.05) is 18.5 Å². The number of nitrogens with zero attached hydrogens (tertiary/aromatic N) is 4. The molecule has 8 nitrogen and oxygen atoms in total. The molecule has 0 unspecified atom stereocenters. The van der Waals surface area contributed by atoms with Gasteiger partial charge in [-0.15, -0.1) is 5.10 Å². The van der Waals surface area contributed by atoms with E-state index >= 15 is 0 Å². The van der Waals surface area contributed by atoms with Crippen LogP contribution in [0.3, 0.4) is 0 Å². The third-order valence-corrected chi connectivity index (χ3v) is 5.16. The van der Waals surface area contributed by atoms with Gasteiger partial charge in [0.25, 0.3) is 5.91 Å². The first kappa shape index (κ1) is 21.0. The first-order chi connectivity index (χ1) is 15.1. The third-order valence-electron chi connectivity index (χ3n) is 5.16. The van der Waals surface area contributed by atoms with Crippen molar-refractivity contribution >= 4 is 33.4 Å². The molecule has 0 bridgehead atoms. The number of carbonyl (C=O) groups excluding carboxylic acids is 1. The standard InChI is InChI=1S/C23H27N5O3/c1-4-28-20-10-8-7-9-17(20)18-13-16(11-12-21(18)28)24-23(29)19-14-27(26-25-19)15-22(30-5-2)31-6-3/h7-14,22H,4-6,15H2,1-3H3,(H,24,29). The van der Waals surface area contributed by atoms with Gasteiger partial charge in [-0.2, -0.15) is 0 Å². The van der Waals surface area contributed by atoms with Crippen LogP contribution in [0.1, 0.15) is 31.3 Å².